The van der Waals surface area contributed by atoms with E-state index in [1.807, 2.05) is 18.2 Å². The molecule has 3 heteroatoms. The van der Waals surface area contributed by atoms with Gasteiger partial charge in [-0.2, -0.15) is 0 Å². The summed E-state index contributed by atoms with van der Waals surface area (Å²) < 4.78 is 0. The van der Waals surface area contributed by atoms with Gasteiger partial charge in [0.25, 0.3) is 0 Å². The molecule has 0 aliphatic heterocycles. The first-order chi connectivity index (χ1) is 8.27. The molecule has 0 saturated carbocycles. The van der Waals surface area contributed by atoms with E-state index < -0.39 is 0 Å². The van der Waals surface area contributed by atoms with Crippen LogP contribution in [0.5, 0.6) is 5.75 Å². The van der Waals surface area contributed by atoms with Crippen LogP contribution in [0.3, 0.4) is 0 Å². The van der Waals surface area contributed by atoms with Gasteiger partial charge in [-0.3, -0.25) is 4.79 Å². The number of aromatic hydroxyl groups is 1. The zero-order chi connectivity index (χ0) is 12.3. The molecule has 0 fully saturated rings. The van der Waals surface area contributed by atoms with Crippen molar-refractivity contribution in [1.82, 2.24) is 4.98 Å². The van der Waals surface area contributed by atoms with Crippen molar-refractivity contribution in [2.45, 2.75) is 26.2 Å². The Hall–Kier alpha value is -1.90. The number of carbonyl (C=O) groups excluding carboxylic acids is 1. The third-order valence-electron chi connectivity index (χ3n) is 2.89. The van der Waals surface area contributed by atoms with E-state index in [1.54, 1.807) is 6.07 Å². The quantitative estimate of drug-likeness (QED) is 0.819. The summed E-state index contributed by atoms with van der Waals surface area (Å²) >= 11 is 0. The van der Waals surface area contributed by atoms with Crippen molar-refractivity contribution in [2.24, 2.45) is 0 Å². The molecule has 1 aromatic carbocycles. The fourth-order valence-electron chi connectivity index (χ4n) is 1.95. The van der Waals surface area contributed by atoms with Crippen LogP contribution in [0, 0.1) is 0 Å². The number of benzene rings is 1. The molecule has 0 atom stereocenters. The van der Waals surface area contributed by atoms with Crippen molar-refractivity contribution < 1.29 is 9.90 Å². The smallest absolute Gasteiger partial charge is 0.168 e. The highest BCUT2D eigenvalue weighted by molar-refractivity contribution is 5.90. The first-order valence-corrected chi connectivity index (χ1v) is 5.83. The minimum atomic E-state index is 0.200. The highest BCUT2D eigenvalue weighted by atomic mass is 16.3. The minimum absolute atomic E-state index is 0.200. The van der Waals surface area contributed by atoms with Crippen LogP contribution in [0.25, 0.3) is 10.9 Å². The van der Waals surface area contributed by atoms with Gasteiger partial charge in [-0.05, 0) is 25.0 Å². The number of carbonyl (C=O) groups is 1. The van der Waals surface area contributed by atoms with Crippen LogP contribution in [-0.4, -0.2) is 16.4 Å². The Balaban J connectivity index is 2.63. The Morgan fingerprint density at radius 3 is 2.82 bits per heavy atom. The Labute approximate surface area is 100 Å². The van der Waals surface area contributed by atoms with E-state index in [1.165, 1.54) is 0 Å². The number of rotatable bonds is 4. The number of unbranched alkanes of at least 4 members (excludes halogenated alkanes) is 1. The lowest BCUT2D eigenvalue weighted by molar-refractivity contribution is 0.111. The summed E-state index contributed by atoms with van der Waals surface area (Å²) in [6.45, 7) is 2.08. The van der Waals surface area contributed by atoms with Crippen LogP contribution >= 0.6 is 0 Å². The lowest BCUT2D eigenvalue weighted by atomic mass is 10.0. The van der Waals surface area contributed by atoms with E-state index >= 15 is 0 Å². The molecule has 0 bridgehead atoms. The Bertz CT molecular complexity index is 549. The van der Waals surface area contributed by atoms with Crippen molar-refractivity contribution in [2.75, 3.05) is 0 Å². The normalized spacial score (nSPS) is 10.6. The third kappa shape index (κ3) is 2.13. The second-order valence-corrected chi connectivity index (χ2v) is 4.06. The van der Waals surface area contributed by atoms with Crippen LogP contribution in [0.4, 0.5) is 0 Å². The van der Waals surface area contributed by atoms with Gasteiger partial charge in [-0.1, -0.05) is 25.5 Å². The van der Waals surface area contributed by atoms with Crippen LogP contribution in [0.2, 0.25) is 0 Å². The maximum absolute atomic E-state index is 11.0. The predicted octanol–water partition coefficient (Wildman–Crippen LogP) is 3.10. The summed E-state index contributed by atoms with van der Waals surface area (Å²) in [6.07, 6.45) is 3.37. The first kappa shape index (κ1) is 11.6. The van der Waals surface area contributed by atoms with Crippen molar-refractivity contribution in [3.05, 3.63) is 35.5 Å². The number of para-hydroxylation sites is 1. The number of nitrogens with zero attached hydrogens (tertiary/aromatic N) is 1. The molecule has 2 rings (SSSR count). The molecular formula is C14H15NO2. The minimum Gasteiger partial charge on any atom is -0.507 e. The molecule has 0 radical (unpaired) electrons. The van der Waals surface area contributed by atoms with Crippen molar-refractivity contribution in [3.8, 4) is 5.75 Å². The molecule has 1 aromatic heterocycles. The van der Waals surface area contributed by atoms with Gasteiger partial charge in [0.2, 0.25) is 0 Å². The zero-order valence-electron chi connectivity index (χ0n) is 9.81. The standard InChI is InChI=1S/C14H15NO2/c1-2-3-6-11-13(9-16)15-12-8-5-4-7-10(12)14(11)17/h4-5,7-9H,2-3,6H2,1H3,(H,15,17). The zero-order valence-corrected chi connectivity index (χ0v) is 9.81. The Kier molecular flexibility index (Phi) is 3.38. The van der Waals surface area contributed by atoms with Gasteiger partial charge in [-0.15, -0.1) is 0 Å². The van der Waals surface area contributed by atoms with Gasteiger partial charge < -0.3 is 5.11 Å². The van der Waals surface area contributed by atoms with E-state index in [0.717, 1.165) is 19.1 Å². The summed E-state index contributed by atoms with van der Waals surface area (Å²) in [5.41, 5.74) is 1.68. The van der Waals surface area contributed by atoms with Crippen LogP contribution in [0.1, 0.15) is 35.8 Å². The molecule has 3 nitrogen and oxygen atoms in total. The van der Waals surface area contributed by atoms with Gasteiger partial charge in [0, 0.05) is 10.9 Å². The van der Waals surface area contributed by atoms with Crippen LogP contribution < -0.4 is 0 Å². The summed E-state index contributed by atoms with van der Waals surface area (Å²) in [5, 5.41) is 10.9. The lowest BCUT2D eigenvalue weighted by Gasteiger charge is -2.09. The molecule has 2 aromatic rings. The molecule has 0 aliphatic rings. The van der Waals surface area contributed by atoms with E-state index in [9.17, 15) is 9.90 Å². The fourth-order valence-corrected chi connectivity index (χ4v) is 1.95. The number of fused-ring (bicyclic) bond motifs is 1. The fraction of sp³-hybridized carbons (Fsp3) is 0.286. The number of aldehydes is 1. The molecule has 1 heterocycles. The molecule has 1 N–H and O–H groups in total. The Morgan fingerprint density at radius 2 is 2.12 bits per heavy atom. The van der Waals surface area contributed by atoms with Gasteiger partial charge in [0.05, 0.1) is 5.52 Å². The molecule has 0 unspecified atom stereocenters. The van der Waals surface area contributed by atoms with Crippen molar-refractivity contribution in [3.63, 3.8) is 0 Å². The molecular weight excluding hydrogens is 214 g/mol. The summed E-state index contributed by atoms with van der Waals surface area (Å²) in [5.74, 6) is 0.200. The highest BCUT2D eigenvalue weighted by Gasteiger charge is 2.12. The first-order valence-electron chi connectivity index (χ1n) is 5.83. The molecule has 88 valence electrons. The SMILES string of the molecule is CCCCc1c(C=O)nc2ccccc2c1O. The molecule has 0 spiro atoms. The predicted molar refractivity (Wildman–Crippen MR) is 67.4 cm³/mol. The maximum atomic E-state index is 11.0. The second-order valence-electron chi connectivity index (χ2n) is 4.06. The summed E-state index contributed by atoms with van der Waals surface area (Å²) in [6, 6.07) is 7.32. The van der Waals surface area contributed by atoms with E-state index in [-0.39, 0.29) is 5.75 Å². The monoisotopic (exact) mass is 229 g/mol. The molecule has 0 amide bonds. The highest BCUT2D eigenvalue weighted by Crippen LogP contribution is 2.30. The molecule has 0 aliphatic carbocycles. The topological polar surface area (TPSA) is 50.2 Å². The largest absolute Gasteiger partial charge is 0.507 e. The van der Waals surface area contributed by atoms with Gasteiger partial charge in [-0.25, -0.2) is 4.98 Å². The molecule has 17 heavy (non-hydrogen) atoms. The molecule has 0 saturated heterocycles. The van der Waals surface area contributed by atoms with Gasteiger partial charge in [0.1, 0.15) is 11.4 Å². The van der Waals surface area contributed by atoms with Crippen molar-refractivity contribution in [1.29, 1.82) is 0 Å². The van der Waals surface area contributed by atoms with E-state index in [0.29, 0.717) is 28.6 Å². The number of hydrogen-bond acceptors (Lipinski definition) is 3. The third-order valence-corrected chi connectivity index (χ3v) is 2.89. The van der Waals surface area contributed by atoms with Gasteiger partial charge in [0.15, 0.2) is 6.29 Å². The van der Waals surface area contributed by atoms with E-state index in [2.05, 4.69) is 11.9 Å². The number of aromatic nitrogens is 1. The summed E-state index contributed by atoms with van der Waals surface area (Å²) in [7, 11) is 0. The second kappa shape index (κ2) is 4.95. The number of hydrogen-bond donors (Lipinski definition) is 1. The van der Waals surface area contributed by atoms with Gasteiger partial charge >= 0.3 is 0 Å². The average molecular weight is 229 g/mol. The van der Waals surface area contributed by atoms with Crippen LogP contribution in [-0.2, 0) is 6.42 Å². The average Bonchev–Trinajstić information content (AvgIpc) is 2.37. The van der Waals surface area contributed by atoms with E-state index in [4.69, 9.17) is 0 Å². The maximum Gasteiger partial charge on any atom is 0.168 e. The van der Waals surface area contributed by atoms with Crippen LogP contribution in [0.15, 0.2) is 24.3 Å². The lowest BCUT2D eigenvalue weighted by Crippen LogP contribution is -1.98. The van der Waals surface area contributed by atoms with Crippen molar-refractivity contribution >= 4 is 17.2 Å². The Morgan fingerprint density at radius 1 is 1.35 bits per heavy atom. The number of pyridine rings is 1. The summed E-state index contributed by atoms with van der Waals surface area (Å²) in [4.78, 5) is 15.3.